The SMILES string of the molecule is CCN(CC)CCOc1ccc(Cc2nc3ccccc3[nH]2)cc1. The molecule has 0 fully saturated rings. The van der Waals surface area contributed by atoms with Crippen LogP contribution in [0.5, 0.6) is 5.75 Å². The van der Waals surface area contributed by atoms with Crippen LogP contribution in [0.2, 0.25) is 0 Å². The first-order valence-corrected chi connectivity index (χ1v) is 8.66. The summed E-state index contributed by atoms with van der Waals surface area (Å²) < 4.78 is 5.83. The molecular weight excluding hydrogens is 298 g/mol. The van der Waals surface area contributed by atoms with Crippen LogP contribution in [0.25, 0.3) is 11.0 Å². The summed E-state index contributed by atoms with van der Waals surface area (Å²) >= 11 is 0. The van der Waals surface area contributed by atoms with Crippen LogP contribution in [-0.2, 0) is 6.42 Å². The highest BCUT2D eigenvalue weighted by atomic mass is 16.5. The Labute approximate surface area is 143 Å². The second kappa shape index (κ2) is 7.97. The number of aromatic nitrogens is 2. The first kappa shape index (κ1) is 16.5. The lowest BCUT2D eigenvalue weighted by atomic mass is 10.1. The molecule has 1 heterocycles. The van der Waals surface area contributed by atoms with Crippen molar-refractivity contribution in [3.05, 3.63) is 59.9 Å². The van der Waals surface area contributed by atoms with Crippen LogP contribution < -0.4 is 4.74 Å². The highest BCUT2D eigenvalue weighted by Gasteiger charge is 2.04. The Morgan fingerprint density at radius 1 is 1.00 bits per heavy atom. The number of H-pyrrole nitrogens is 1. The molecule has 0 radical (unpaired) electrons. The van der Waals surface area contributed by atoms with E-state index in [-0.39, 0.29) is 0 Å². The quantitative estimate of drug-likeness (QED) is 0.684. The summed E-state index contributed by atoms with van der Waals surface area (Å²) in [4.78, 5) is 10.4. The van der Waals surface area contributed by atoms with E-state index in [4.69, 9.17) is 4.74 Å². The number of ether oxygens (including phenoxy) is 1. The van der Waals surface area contributed by atoms with Gasteiger partial charge >= 0.3 is 0 Å². The number of nitrogens with zero attached hydrogens (tertiary/aromatic N) is 2. The van der Waals surface area contributed by atoms with E-state index in [0.717, 1.165) is 55.3 Å². The predicted molar refractivity (Wildman–Crippen MR) is 98.6 cm³/mol. The van der Waals surface area contributed by atoms with E-state index >= 15 is 0 Å². The summed E-state index contributed by atoms with van der Waals surface area (Å²) in [5.74, 6) is 1.92. The molecule has 4 heteroatoms. The van der Waals surface area contributed by atoms with Crippen LogP contribution in [0.15, 0.2) is 48.5 Å². The van der Waals surface area contributed by atoms with Crippen LogP contribution >= 0.6 is 0 Å². The number of benzene rings is 2. The fraction of sp³-hybridized carbons (Fsp3) is 0.350. The molecule has 0 amide bonds. The Kier molecular flexibility index (Phi) is 5.49. The van der Waals surface area contributed by atoms with Crippen molar-refractivity contribution in [2.45, 2.75) is 20.3 Å². The normalized spacial score (nSPS) is 11.3. The molecule has 0 aliphatic heterocycles. The summed E-state index contributed by atoms with van der Waals surface area (Å²) in [6, 6.07) is 16.4. The molecule has 0 spiro atoms. The van der Waals surface area contributed by atoms with E-state index in [9.17, 15) is 0 Å². The van der Waals surface area contributed by atoms with Crippen molar-refractivity contribution in [2.24, 2.45) is 0 Å². The van der Waals surface area contributed by atoms with Crippen molar-refractivity contribution in [2.75, 3.05) is 26.2 Å². The zero-order valence-corrected chi connectivity index (χ0v) is 14.5. The number of para-hydroxylation sites is 2. The molecular formula is C20H25N3O. The van der Waals surface area contributed by atoms with Crippen LogP contribution in [0.3, 0.4) is 0 Å². The van der Waals surface area contributed by atoms with Crippen molar-refractivity contribution < 1.29 is 4.74 Å². The topological polar surface area (TPSA) is 41.1 Å². The maximum absolute atomic E-state index is 5.83. The number of rotatable bonds is 8. The second-order valence-corrected chi connectivity index (χ2v) is 5.90. The van der Waals surface area contributed by atoms with Crippen molar-refractivity contribution >= 4 is 11.0 Å². The molecule has 2 aromatic carbocycles. The molecule has 4 nitrogen and oxygen atoms in total. The molecule has 0 atom stereocenters. The van der Waals surface area contributed by atoms with Gasteiger partial charge in [-0.2, -0.15) is 0 Å². The first-order chi connectivity index (χ1) is 11.8. The molecule has 0 saturated heterocycles. The Morgan fingerprint density at radius 3 is 2.46 bits per heavy atom. The minimum Gasteiger partial charge on any atom is -0.492 e. The Balaban J connectivity index is 1.56. The maximum Gasteiger partial charge on any atom is 0.119 e. The van der Waals surface area contributed by atoms with Gasteiger partial charge < -0.3 is 14.6 Å². The summed E-state index contributed by atoms with van der Waals surface area (Å²) in [5.41, 5.74) is 3.33. The molecule has 3 aromatic rings. The number of imidazole rings is 1. The highest BCUT2D eigenvalue weighted by Crippen LogP contribution is 2.16. The Bertz CT molecular complexity index is 727. The van der Waals surface area contributed by atoms with Crippen molar-refractivity contribution in [3.63, 3.8) is 0 Å². The van der Waals surface area contributed by atoms with Crippen LogP contribution in [-0.4, -0.2) is 41.1 Å². The van der Waals surface area contributed by atoms with E-state index in [1.54, 1.807) is 0 Å². The Hall–Kier alpha value is -2.33. The average Bonchev–Trinajstić information content (AvgIpc) is 3.02. The van der Waals surface area contributed by atoms with Gasteiger partial charge in [0.25, 0.3) is 0 Å². The molecule has 0 unspecified atom stereocenters. The molecule has 1 N–H and O–H groups in total. The number of hydrogen-bond donors (Lipinski definition) is 1. The summed E-state index contributed by atoms with van der Waals surface area (Å²) in [7, 11) is 0. The minimum atomic E-state index is 0.727. The fourth-order valence-electron chi connectivity index (χ4n) is 2.82. The lowest BCUT2D eigenvalue weighted by Gasteiger charge is -2.18. The van der Waals surface area contributed by atoms with Gasteiger partial charge in [0.15, 0.2) is 0 Å². The minimum absolute atomic E-state index is 0.727. The third kappa shape index (κ3) is 4.15. The molecule has 3 rings (SSSR count). The van der Waals surface area contributed by atoms with E-state index in [1.165, 1.54) is 5.56 Å². The van der Waals surface area contributed by atoms with Gasteiger partial charge in [0.2, 0.25) is 0 Å². The number of nitrogens with one attached hydrogen (secondary N) is 1. The standard InChI is InChI=1S/C20H25N3O/c1-3-23(4-2)13-14-24-17-11-9-16(10-12-17)15-20-21-18-7-5-6-8-19(18)22-20/h5-12H,3-4,13-15H2,1-2H3,(H,21,22). The largest absolute Gasteiger partial charge is 0.492 e. The molecule has 0 aliphatic carbocycles. The van der Waals surface area contributed by atoms with Gasteiger partial charge in [-0.15, -0.1) is 0 Å². The number of aromatic amines is 1. The van der Waals surface area contributed by atoms with Crippen LogP contribution in [0.1, 0.15) is 25.2 Å². The number of hydrogen-bond acceptors (Lipinski definition) is 3. The molecule has 0 aliphatic rings. The second-order valence-electron chi connectivity index (χ2n) is 5.90. The zero-order chi connectivity index (χ0) is 16.8. The number of fused-ring (bicyclic) bond motifs is 1. The van der Waals surface area contributed by atoms with Crippen molar-refractivity contribution in [1.82, 2.24) is 14.9 Å². The van der Waals surface area contributed by atoms with Crippen LogP contribution in [0.4, 0.5) is 0 Å². The number of likely N-dealkylation sites (N-methyl/N-ethyl adjacent to an activating group) is 1. The highest BCUT2D eigenvalue weighted by molar-refractivity contribution is 5.74. The first-order valence-electron chi connectivity index (χ1n) is 8.66. The van der Waals surface area contributed by atoms with Crippen molar-refractivity contribution in [3.8, 4) is 5.75 Å². The van der Waals surface area contributed by atoms with Gasteiger partial charge in [-0.05, 0) is 42.9 Å². The van der Waals surface area contributed by atoms with E-state index in [0.29, 0.717) is 0 Å². The Morgan fingerprint density at radius 2 is 1.75 bits per heavy atom. The van der Waals surface area contributed by atoms with E-state index in [1.807, 2.05) is 30.3 Å². The van der Waals surface area contributed by atoms with Gasteiger partial charge in [0.1, 0.15) is 18.2 Å². The van der Waals surface area contributed by atoms with Crippen LogP contribution in [0, 0.1) is 0 Å². The van der Waals surface area contributed by atoms with Gasteiger partial charge in [0, 0.05) is 13.0 Å². The summed E-state index contributed by atoms with van der Waals surface area (Å²) in [5, 5.41) is 0. The molecule has 0 saturated carbocycles. The third-order valence-corrected chi connectivity index (χ3v) is 4.30. The molecule has 0 bridgehead atoms. The fourth-order valence-corrected chi connectivity index (χ4v) is 2.82. The predicted octanol–water partition coefficient (Wildman–Crippen LogP) is 3.87. The van der Waals surface area contributed by atoms with Gasteiger partial charge in [0.05, 0.1) is 11.0 Å². The monoisotopic (exact) mass is 323 g/mol. The van der Waals surface area contributed by atoms with Gasteiger partial charge in [-0.25, -0.2) is 4.98 Å². The third-order valence-electron chi connectivity index (χ3n) is 4.30. The van der Waals surface area contributed by atoms with E-state index in [2.05, 4.69) is 46.9 Å². The molecule has 24 heavy (non-hydrogen) atoms. The van der Waals surface area contributed by atoms with Gasteiger partial charge in [-0.1, -0.05) is 38.1 Å². The average molecular weight is 323 g/mol. The van der Waals surface area contributed by atoms with E-state index < -0.39 is 0 Å². The lowest BCUT2D eigenvalue weighted by molar-refractivity contribution is 0.223. The van der Waals surface area contributed by atoms with Crippen molar-refractivity contribution in [1.29, 1.82) is 0 Å². The lowest BCUT2D eigenvalue weighted by Crippen LogP contribution is -2.27. The molecule has 126 valence electrons. The zero-order valence-electron chi connectivity index (χ0n) is 14.5. The maximum atomic E-state index is 5.83. The summed E-state index contributed by atoms with van der Waals surface area (Å²) in [6.07, 6.45) is 0.800. The molecule has 1 aromatic heterocycles. The smallest absolute Gasteiger partial charge is 0.119 e. The van der Waals surface area contributed by atoms with Gasteiger partial charge in [-0.3, -0.25) is 0 Å². The summed E-state index contributed by atoms with van der Waals surface area (Å²) in [6.45, 7) is 8.18.